The highest BCUT2D eigenvalue weighted by Gasteiger charge is 2.24. The van der Waals surface area contributed by atoms with Gasteiger partial charge in [-0.1, -0.05) is 26.0 Å². The van der Waals surface area contributed by atoms with Crippen molar-refractivity contribution in [3.63, 3.8) is 0 Å². The van der Waals surface area contributed by atoms with Crippen LogP contribution in [0.15, 0.2) is 24.5 Å². The van der Waals surface area contributed by atoms with Gasteiger partial charge in [-0.3, -0.25) is 9.59 Å². The molecule has 11 nitrogen and oxygen atoms in total. The molecule has 0 aliphatic rings. The second-order valence-electron chi connectivity index (χ2n) is 9.34. The molecular weight excluding hydrogens is 466 g/mol. The number of nitrogens with zero attached hydrogens (tertiary/aromatic N) is 4. The number of hydrogen-bond acceptors (Lipinski definition) is 9. The van der Waals surface area contributed by atoms with Crippen LogP contribution in [-0.4, -0.2) is 89.9 Å². The maximum atomic E-state index is 12.7. The van der Waals surface area contributed by atoms with Crippen molar-refractivity contribution < 1.29 is 28.5 Å². The molecule has 3 aromatic rings. The molecule has 1 N–H and O–H groups in total. The Balaban J connectivity index is 1.40. The van der Waals surface area contributed by atoms with Crippen molar-refractivity contribution in [2.24, 2.45) is 5.41 Å². The van der Waals surface area contributed by atoms with Crippen LogP contribution in [0.5, 0.6) is 0 Å². The van der Waals surface area contributed by atoms with Crippen molar-refractivity contribution in [2.75, 3.05) is 53.4 Å². The second kappa shape index (κ2) is 13.4. The van der Waals surface area contributed by atoms with E-state index in [1.165, 1.54) is 0 Å². The van der Waals surface area contributed by atoms with Crippen LogP contribution < -0.4 is 0 Å². The maximum Gasteiger partial charge on any atom is 0.189 e. The minimum absolute atomic E-state index is 0.00886. The molecule has 0 fully saturated rings. The largest absolute Gasteiger partial charge is 0.382 e. The van der Waals surface area contributed by atoms with Crippen LogP contribution >= 0.6 is 0 Å². The number of methoxy groups -OCH3 is 1. The van der Waals surface area contributed by atoms with Crippen LogP contribution in [0.3, 0.4) is 0 Å². The number of hydrogen-bond donors (Lipinski definition) is 1. The monoisotopic (exact) mass is 501 g/mol. The average molecular weight is 502 g/mol. The Morgan fingerprint density at radius 1 is 0.972 bits per heavy atom. The lowest BCUT2D eigenvalue weighted by Gasteiger charge is -2.14. The molecule has 0 aromatic carbocycles. The Kier molecular flexibility index (Phi) is 10.2. The average Bonchev–Trinajstić information content (AvgIpc) is 3.48. The Morgan fingerprint density at radius 3 is 2.31 bits per heavy atom. The van der Waals surface area contributed by atoms with Crippen LogP contribution in [0.2, 0.25) is 0 Å². The fourth-order valence-corrected chi connectivity index (χ4v) is 3.34. The number of aromatic nitrogens is 5. The van der Waals surface area contributed by atoms with Gasteiger partial charge in [-0.25, -0.2) is 9.67 Å². The highest BCUT2D eigenvalue weighted by molar-refractivity contribution is 6.02. The van der Waals surface area contributed by atoms with E-state index in [1.807, 2.05) is 26.8 Å². The fourth-order valence-electron chi connectivity index (χ4n) is 3.34. The summed E-state index contributed by atoms with van der Waals surface area (Å²) in [7, 11) is 1.63. The Morgan fingerprint density at radius 2 is 1.64 bits per heavy atom. The Hall–Kier alpha value is -2.99. The first-order valence-electron chi connectivity index (χ1n) is 12.0. The van der Waals surface area contributed by atoms with E-state index >= 15 is 0 Å². The van der Waals surface area contributed by atoms with E-state index in [9.17, 15) is 9.59 Å². The van der Waals surface area contributed by atoms with Crippen molar-refractivity contribution in [3.05, 3.63) is 41.5 Å². The highest BCUT2D eigenvalue weighted by atomic mass is 16.6. The molecule has 3 aromatic heterocycles. The first kappa shape index (κ1) is 27.6. The summed E-state index contributed by atoms with van der Waals surface area (Å²) in [5.74, 6) is -0.152. The van der Waals surface area contributed by atoms with Gasteiger partial charge >= 0.3 is 0 Å². The lowest BCUT2D eigenvalue weighted by molar-refractivity contribution is 0.00244. The standard InChI is InChI=1S/C25H35N5O6/c1-25(2,3)23(32)20-15-19-13-18(16-26-24(19)27-20)14-22(31)21-17-30(29-28-21)5-6-34-9-10-36-12-11-35-8-7-33-4/h13,15-17H,5-12,14H2,1-4H3,(H,26,27). The smallest absolute Gasteiger partial charge is 0.189 e. The summed E-state index contributed by atoms with van der Waals surface area (Å²) in [6, 6.07) is 3.64. The van der Waals surface area contributed by atoms with Gasteiger partial charge in [-0.15, -0.1) is 5.10 Å². The second-order valence-corrected chi connectivity index (χ2v) is 9.34. The Bertz CT molecular complexity index is 1130. The third kappa shape index (κ3) is 8.30. The molecule has 0 aliphatic carbocycles. The molecule has 36 heavy (non-hydrogen) atoms. The van der Waals surface area contributed by atoms with E-state index in [0.29, 0.717) is 64.1 Å². The summed E-state index contributed by atoms with van der Waals surface area (Å²) in [5.41, 5.74) is 1.65. The summed E-state index contributed by atoms with van der Waals surface area (Å²) < 4.78 is 22.7. The molecule has 3 rings (SSSR count). The lowest BCUT2D eigenvalue weighted by Crippen LogP contribution is -2.20. The number of carbonyl (C=O) groups is 2. The van der Waals surface area contributed by atoms with E-state index in [1.54, 1.807) is 30.3 Å². The molecule has 0 amide bonds. The summed E-state index contributed by atoms with van der Waals surface area (Å²) in [5, 5.41) is 8.78. The van der Waals surface area contributed by atoms with Gasteiger partial charge in [0.25, 0.3) is 0 Å². The van der Waals surface area contributed by atoms with Gasteiger partial charge in [-0.2, -0.15) is 0 Å². The van der Waals surface area contributed by atoms with Crippen LogP contribution in [0.1, 0.15) is 47.3 Å². The molecular formula is C25H35N5O6. The topological polar surface area (TPSA) is 130 Å². The quantitative estimate of drug-likeness (QED) is 0.232. The number of H-pyrrole nitrogens is 1. The number of ether oxygens (including phenoxy) is 4. The van der Waals surface area contributed by atoms with Gasteiger partial charge in [0.1, 0.15) is 11.3 Å². The number of rotatable bonds is 16. The number of aromatic amines is 1. The molecule has 3 heterocycles. The zero-order valence-electron chi connectivity index (χ0n) is 21.4. The molecule has 0 atom stereocenters. The minimum atomic E-state index is -0.496. The number of carbonyl (C=O) groups excluding carboxylic acids is 2. The van der Waals surface area contributed by atoms with E-state index in [0.717, 1.165) is 10.9 Å². The van der Waals surface area contributed by atoms with Gasteiger partial charge in [0, 0.05) is 30.5 Å². The van der Waals surface area contributed by atoms with Gasteiger partial charge in [0.15, 0.2) is 11.6 Å². The first-order chi connectivity index (χ1) is 17.3. The molecule has 0 saturated heterocycles. The number of ketones is 2. The summed E-state index contributed by atoms with van der Waals surface area (Å²) >= 11 is 0. The van der Waals surface area contributed by atoms with E-state index in [2.05, 4.69) is 20.3 Å². The number of pyridine rings is 1. The predicted molar refractivity (Wildman–Crippen MR) is 132 cm³/mol. The molecule has 0 saturated carbocycles. The van der Waals surface area contributed by atoms with Crippen molar-refractivity contribution in [1.82, 2.24) is 25.0 Å². The van der Waals surface area contributed by atoms with Crippen LogP contribution in [0, 0.1) is 5.41 Å². The summed E-state index contributed by atoms with van der Waals surface area (Å²) in [6.45, 7) is 9.59. The maximum absolute atomic E-state index is 12.7. The fraction of sp³-hybridized carbons (Fsp3) is 0.560. The Labute approximate surface area is 210 Å². The number of nitrogens with one attached hydrogen (secondary N) is 1. The number of Topliss-reactive ketones (excluding diaryl/α,β-unsaturated/α-hetero) is 2. The number of fused-ring (bicyclic) bond motifs is 1. The molecule has 0 unspecified atom stereocenters. The molecule has 0 spiro atoms. The molecule has 11 heteroatoms. The highest BCUT2D eigenvalue weighted by Crippen LogP contribution is 2.23. The van der Waals surface area contributed by atoms with Gasteiger partial charge in [-0.05, 0) is 17.7 Å². The van der Waals surface area contributed by atoms with Gasteiger partial charge in [0.05, 0.1) is 64.7 Å². The molecule has 0 aliphatic heterocycles. The van der Waals surface area contributed by atoms with Crippen molar-refractivity contribution in [2.45, 2.75) is 33.7 Å². The van der Waals surface area contributed by atoms with Crippen molar-refractivity contribution in [3.8, 4) is 0 Å². The normalized spacial score (nSPS) is 11.9. The lowest BCUT2D eigenvalue weighted by atomic mass is 9.89. The van der Waals surface area contributed by atoms with E-state index in [4.69, 9.17) is 18.9 Å². The zero-order chi connectivity index (χ0) is 26.0. The molecule has 196 valence electrons. The minimum Gasteiger partial charge on any atom is -0.382 e. The summed E-state index contributed by atoms with van der Waals surface area (Å²) in [4.78, 5) is 32.7. The first-order valence-corrected chi connectivity index (χ1v) is 12.0. The van der Waals surface area contributed by atoms with Crippen LogP contribution in [-0.2, 0) is 31.9 Å². The van der Waals surface area contributed by atoms with Gasteiger partial charge < -0.3 is 23.9 Å². The SMILES string of the molecule is COCCOCCOCCOCCn1cc(C(=O)Cc2cnc3[nH]c(C(=O)C(C)(C)C)cc3c2)nn1. The third-order valence-electron chi connectivity index (χ3n) is 5.28. The molecule has 0 bridgehead atoms. The zero-order valence-corrected chi connectivity index (χ0v) is 21.4. The molecule has 0 radical (unpaired) electrons. The van der Waals surface area contributed by atoms with Gasteiger partial charge in [0.2, 0.25) is 0 Å². The summed E-state index contributed by atoms with van der Waals surface area (Å²) in [6.07, 6.45) is 3.38. The van der Waals surface area contributed by atoms with Crippen molar-refractivity contribution >= 4 is 22.6 Å². The van der Waals surface area contributed by atoms with E-state index < -0.39 is 5.41 Å². The van der Waals surface area contributed by atoms with Crippen LogP contribution in [0.4, 0.5) is 0 Å². The third-order valence-corrected chi connectivity index (χ3v) is 5.28. The van der Waals surface area contributed by atoms with E-state index in [-0.39, 0.29) is 23.7 Å². The predicted octanol–water partition coefficient (Wildman–Crippen LogP) is 2.50. The van der Waals surface area contributed by atoms with Crippen LogP contribution in [0.25, 0.3) is 11.0 Å². The van der Waals surface area contributed by atoms with Crippen molar-refractivity contribution in [1.29, 1.82) is 0 Å².